The Bertz CT molecular complexity index is 579. The number of unbranched alkanes of at least 4 members (excludes halogenated alkanes) is 16. The molecule has 1 atom stereocenters. The van der Waals surface area contributed by atoms with E-state index in [1.54, 1.807) is 0 Å². The maximum absolute atomic E-state index is 12.9. The van der Waals surface area contributed by atoms with Gasteiger partial charge in [-0.1, -0.05) is 117 Å². The molecule has 0 aliphatic carbocycles. The average Bonchev–Trinajstić information content (AvgIpc) is 2.83. The van der Waals surface area contributed by atoms with Crippen LogP contribution in [0.25, 0.3) is 0 Å². The van der Waals surface area contributed by atoms with Gasteiger partial charge in [-0.3, -0.25) is 19.3 Å². The second-order valence-corrected chi connectivity index (χ2v) is 10.1. The predicted octanol–water partition coefficient (Wildman–Crippen LogP) is 7.12. The molecule has 0 aromatic carbocycles. The number of carbonyl (C=O) groups is 4. The second kappa shape index (κ2) is 26.7. The number of aliphatic carboxylic acids is 2. The van der Waals surface area contributed by atoms with Gasteiger partial charge in [-0.15, -0.1) is 0 Å². The van der Waals surface area contributed by atoms with Crippen molar-refractivity contribution in [2.24, 2.45) is 0 Å². The van der Waals surface area contributed by atoms with Gasteiger partial charge < -0.3 is 10.2 Å². The molecule has 37 heavy (non-hydrogen) atoms. The van der Waals surface area contributed by atoms with Crippen LogP contribution >= 0.6 is 0 Å². The Morgan fingerprint density at radius 3 is 1.16 bits per heavy atom. The van der Waals surface area contributed by atoms with Gasteiger partial charge in [-0.2, -0.15) is 0 Å². The van der Waals surface area contributed by atoms with Crippen molar-refractivity contribution in [3.05, 3.63) is 0 Å². The van der Waals surface area contributed by atoms with E-state index in [2.05, 4.69) is 13.8 Å². The van der Waals surface area contributed by atoms with Gasteiger partial charge in [0.05, 0.1) is 0 Å². The van der Waals surface area contributed by atoms with Gasteiger partial charge in [0.25, 0.3) is 0 Å². The first-order chi connectivity index (χ1) is 17.3. The zero-order valence-electron chi connectivity index (χ0n) is 24.1. The summed E-state index contributed by atoms with van der Waals surface area (Å²) >= 11 is 0. The summed E-state index contributed by atoms with van der Waals surface area (Å²) in [4.78, 5) is 49.6. The molecule has 211 valence electrons. The van der Waals surface area contributed by atoms with E-state index in [0.717, 1.165) is 43.4 Å². The monoisotopic (exact) mass is 534 g/mol. The van der Waals surface area contributed by atoms with Crippen LogP contribution in [0.3, 0.4) is 0 Å². The smallest absolute Gasteiger partial charge is 0.326 e. The number of hydrogen-bond acceptors (Lipinski definition) is 4. The summed E-state index contributed by atoms with van der Waals surface area (Å²) in [6, 6.07) is -1.42. The van der Waals surface area contributed by atoms with Crippen LogP contribution in [0.1, 0.15) is 155 Å². The number of carbonyl (C=O) groups excluding carboxylic acids is 2. The molecule has 0 rings (SSSR count). The molecule has 0 bridgehead atoms. The SMILES string of the molecule is CCCCCCCCCCCC(=O)N(C(=O)CCCCCCCCCCC)[C@@H](CCC(=O)O)C(=O)O.[Na]. The number of hydrogen-bond donors (Lipinski definition) is 2. The van der Waals surface area contributed by atoms with Crippen LogP contribution in [0.5, 0.6) is 0 Å². The van der Waals surface area contributed by atoms with Crippen LogP contribution in [0, 0.1) is 0 Å². The minimum absolute atomic E-state index is 0. The predicted molar refractivity (Wildman–Crippen MR) is 150 cm³/mol. The van der Waals surface area contributed by atoms with Crippen LogP contribution in [-0.4, -0.2) is 74.5 Å². The molecule has 0 aromatic rings. The number of imide groups is 1. The van der Waals surface area contributed by atoms with E-state index < -0.39 is 36.2 Å². The molecule has 0 aliphatic heterocycles. The fourth-order valence-electron chi connectivity index (χ4n) is 4.52. The van der Waals surface area contributed by atoms with Crippen LogP contribution in [0.4, 0.5) is 0 Å². The van der Waals surface area contributed by atoms with Crippen LogP contribution in [0.2, 0.25) is 0 Å². The van der Waals surface area contributed by atoms with Gasteiger partial charge in [0.2, 0.25) is 11.8 Å². The molecule has 0 aromatic heterocycles. The van der Waals surface area contributed by atoms with Crippen LogP contribution < -0.4 is 0 Å². The maximum atomic E-state index is 12.9. The molecule has 2 amide bonds. The zero-order valence-corrected chi connectivity index (χ0v) is 26.1. The van der Waals surface area contributed by atoms with E-state index in [4.69, 9.17) is 5.11 Å². The summed E-state index contributed by atoms with van der Waals surface area (Å²) in [5, 5.41) is 18.7. The third-order valence-electron chi connectivity index (χ3n) is 6.75. The minimum Gasteiger partial charge on any atom is -0.481 e. The molecule has 0 heterocycles. The molecular weight excluding hydrogens is 481 g/mol. The molecule has 0 saturated heterocycles. The van der Waals surface area contributed by atoms with Crippen molar-refractivity contribution in [2.75, 3.05) is 0 Å². The summed E-state index contributed by atoms with van der Waals surface area (Å²) in [7, 11) is 0. The van der Waals surface area contributed by atoms with Crippen molar-refractivity contribution in [1.82, 2.24) is 4.90 Å². The van der Waals surface area contributed by atoms with Crippen molar-refractivity contribution in [2.45, 2.75) is 161 Å². The first kappa shape index (κ1) is 38.2. The third kappa shape index (κ3) is 21.7. The summed E-state index contributed by atoms with van der Waals surface area (Å²) in [5.74, 6) is -3.44. The Morgan fingerprint density at radius 1 is 0.541 bits per heavy atom. The Labute approximate surface area is 247 Å². The fourth-order valence-corrected chi connectivity index (χ4v) is 4.52. The molecular formula is C29H53NNaO6. The van der Waals surface area contributed by atoms with Gasteiger partial charge in [-0.05, 0) is 19.3 Å². The standard InChI is InChI=1S/C29H53NO6.Na/c1-3-5-7-9-11-13-15-17-19-21-26(31)30(25(29(35)36)23-24-28(33)34)27(32)22-20-18-16-14-12-10-8-6-4-2;/h25H,3-24H2,1-2H3,(H,33,34)(H,35,36);/t25-;/m0./s1. The summed E-state index contributed by atoms with van der Waals surface area (Å²) in [6.45, 7) is 4.39. The van der Waals surface area contributed by atoms with Crippen LogP contribution in [0.15, 0.2) is 0 Å². The first-order valence-electron chi connectivity index (χ1n) is 14.6. The summed E-state index contributed by atoms with van der Waals surface area (Å²) in [6.07, 6.45) is 19.2. The van der Waals surface area contributed by atoms with Gasteiger partial charge in [-0.25, -0.2) is 4.79 Å². The van der Waals surface area contributed by atoms with E-state index in [0.29, 0.717) is 12.8 Å². The number of rotatable bonds is 25. The Kier molecular flexibility index (Phi) is 27.6. The van der Waals surface area contributed by atoms with Gasteiger partial charge in [0.15, 0.2) is 0 Å². The quantitative estimate of drug-likeness (QED) is 0.0952. The summed E-state index contributed by atoms with van der Waals surface area (Å²) in [5.41, 5.74) is 0. The van der Waals surface area contributed by atoms with E-state index in [1.165, 1.54) is 64.2 Å². The van der Waals surface area contributed by atoms with E-state index in [1.807, 2.05) is 0 Å². The van der Waals surface area contributed by atoms with Crippen LogP contribution in [-0.2, 0) is 19.2 Å². The van der Waals surface area contributed by atoms with Gasteiger partial charge >= 0.3 is 11.9 Å². The molecule has 8 heteroatoms. The second-order valence-electron chi connectivity index (χ2n) is 10.1. The maximum Gasteiger partial charge on any atom is 0.326 e. The first-order valence-corrected chi connectivity index (χ1v) is 14.6. The number of amides is 2. The van der Waals surface area contributed by atoms with Crippen molar-refractivity contribution in [1.29, 1.82) is 0 Å². The van der Waals surface area contributed by atoms with Crippen molar-refractivity contribution < 1.29 is 29.4 Å². The molecule has 0 unspecified atom stereocenters. The number of nitrogens with zero attached hydrogens (tertiary/aromatic N) is 1. The van der Waals surface area contributed by atoms with Crippen molar-refractivity contribution in [3.63, 3.8) is 0 Å². The molecule has 0 fully saturated rings. The van der Waals surface area contributed by atoms with E-state index in [-0.39, 0.29) is 48.8 Å². The Morgan fingerprint density at radius 2 is 0.865 bits per heavy atom. The molecule has 0 aliphatic rings. The summed E-state index contributed by atoms with van der Waals surface area (Å²) < 4.78 is 0. The minimum atomic E-state index is -1.42. The Balaban J connectivity index is 0. The molecule has 0 spiro atoms. The normalized spacial score (nSPS) is 11.5. The van der Waals surface area contributed by atoms with E-state index in [9.17, 15) is 24.3 Å². The molecule has 7 nitrogen and oxygen atoms in total. The zero-order chi connectivity index (χ0) is 27.0. The molecule has 2 N–H and O–H groups in total. The van der Waals surface area contributed by atoms with Crippen molar-refractivity contribution in [3.8, 4) is 0 Å². The largest absolute Gasteiger partial charge is 0.481 e. The fraction of sp³-hybridized carbons (Fsp3) is 0.862. The molecule has 1 radical (unpaired) electrons. The van der Waals surface area contributed by atoms with Gasteiger partial charge in [0.1, 0.15) is 6.04 Å². The topological polar surface area (TPSA) is 112 Å². The average molecular weight is 535 g/mol. The van der Waals surface area contributed by atoms with Crippen molar-refractivity contribution >= 4 is 53.3 Å². The Hall–Kier alpha value is -0.920. The van der Waals surface area contributed by atoms with E-state index >= 15 is 0 Å². The van der Waals surface area contributed by atoms with Gasteiger partial charge in [0, 0.05) is 48.8 Å². The molecule has 0 saturated carbocycles. The number of carboxylic acid groups (broad SMARTS) is 2. The third-order valence-corrected chi connectivity index (χ3v) is 6.75. The number of carboxylic acids is 2.